The summed E-state index contributed by atoms with van der Waals surface area (Å²) < 4.78 is 33.4. The van der Waals surface area contributed by atoms with E-state index < -0.39 is 11.6 Å². The molecule has 0 spiro atoms. The predicted octanol–water partition coefficient (Wildman–Crippen LogP) is 6.08. The van der Waals surface area contributed by atoms with Crippen LogP contribution in [0.4, 0.5) is 13.9 Å². The highest BCUT2D eigenvalue weighted by Gasteiger charge is 2.21. The number of thiazole rings is 1. The summed E-state index contributed by atoms with van der Waals surface area (Å²) in [7, 11) is 1.63. The van der Waals surface area contributed by atoms with E-state index in [9.17, 15) is 13.6 Å². The third kappa shape index (κ3) is 5.85. The molecule has 2 aromatic carbocycles. The number of carbonyl (C=O) groups excluding carboxylic acids is 1. The molecule has 0 aliphatic carbocycles. The van der Waals surface area contributed by atoms with Gasteiger partial charge in [0.15, 0.2) is 10.9 Å². The molecule has 0 saturated carbocycles. The van der Waals surface area contributed by atoms with E-state index in [1.807, 2.05) is 36.4 Å². The first-order valence-electron chi connectivity index (χ1n) is 10.2. The molecular formula is C24H21F2N3O2S2. The van der Waals surface area contributed by atoms with Crippen molar-refractivity contribution in [3.05, 3.63) is 78.1 Å². The molecule has 170 valence electrons. The quantitative estimate of drug-likeness (QED) is 0.212. The van der Waals surface area contributed by atoms with Gasteiger partial charge >= 0.3 is 0 Å². The van der Waals surface area contributed by atoms with E-state index in [0.29, 0.717) is 22.7 Å². The van der Waals surface area contributed by atoms with Crippen LogP contribution in [0.1, 0.15) is 18.4 Å². The lowest BCUT2D eigenvalue weighted by molar-refractivity contribution is -0.118. The standard InChI is InChI=1S/C24H21F2N3O2S2/c1-31-18-4-6-19(7-5-18)32-12-2-3-22(30)29(15-16-8-10-27-11-9-16)24-28-23-20(26)13-17(25)14-21(23)33-24/h4-11,13-14H,2-3,12,15H2,1H3. The zero-order valence-corrected chi connectivity index (χ0v) is 19.5. The Morgan fingerprint density at radius 3 is 2.61 bits per heavy atom. The maximum atomic E-state index is 14.2. The van der Waals surface area contributed by atoms with Gasteiger partial charge in [0, 0.05) is 29.8 Å². The highest BCUT2D eigenvalue weighted by molar-refractivity contribution is 7.99. The lowest BCUT2D eigenvalue weighted by Gasteiger charge is -2.20. The summed E-state index contributed by atoms with van der Waals surface area (Å²) in [5, 5.41) is 0.346. The van der Waals surface area contributed by atoms with Crippen LogP contribution < -0.4 is 9.64 Å². The first-order valence-corrected chi connectivity index (χ1v) is 12.1. The van der Waals surface area contributed by atoms with Crippen LogP contribution in [0.3, 0.4) is 0 Å². The highest BCUT2D eigenvalue weighted by Crippen LogP contribution is 2.32. The number of amides is 1. The van der Waals surface area contributed by atoms with E-state index in [2.05, 4.69) is 9.97 Å². The minimum atomic E-state index is -0.736. The van der Waals surface area contributed by atoms with Crippen LogP contribution >= 0.6 is 23.1 Å². The van der Waals surface area contributed by atoms with Gasteiger partial charge in [0.2, 0.25) is 5.91 Å². The number of hydrogen-bond donors (Lipinski definition) is 0. The summed E-state index contributed by atoms with van der Waals surface area (Å²) >= 11 is 2.76. The molecule has 0 fully saturated rings. The Kier molecular flexibility index (Phi) is 7.51. The third-order valence-electron chi connectivity index (χ3n) is 4.89. The van der Waals surface area contributed by atoms with Crippen molar-refractivity contribution in [3.63, 3.8) is 0 Å². The van der Waals surface area contributed by atoms with Crippen LogP contribution in [0, 0.1) is 11.6 Å². The van der Waals surface area contributed by atoms with Gasteiger partial charge in [0.05, 0.1) is 18.4 Å². The zero-order valence-electron chi connectivity index (χ0n) is 17.8. The summed E-state index contributed by atoms with van der Waals surface area (Å²) in [6.45, 7) is 0.275. The molecular weight excluding hydrogens is 464 g/mol. The molecule has 5 nitrogen and oxygen atoms in total. The van der Waals surface area contributed by atoms with Crippen LogP contribution in [-0.4, -0.2) is 28.7 Å². The van der Waals surface area contributed by atoms with Crippen molar-refractivity contribution in [2.75, 3.05) is 17.8 Å². The first-order chi connectivity index (χ1) is 16.0. The second kappa shape index (κ2) is 10.7. The SMILES string of the molecule is COc1ccc(SCCCC(=O)N(Cc2ccncc2)c2nc3c(F)cc(F)cc3s2)cc1. The smallest absolute Gasteiger partial charge is 0.229 e. The highest BCUT2D eigenvalue weighted by atomic mass is 32.2. The molecule has 33 heavy (non-hydrogen) atoms. The maximum Gasteiger partial charge on any atom is 0.229 e. The van der Waals surface area contributed by atoms with Gasteiger partial charge in [-0.15, -0.1) is 11.8 Å². The summed E-state index contributed by atoms with van der Waals surface area (Å²) in [6, 6.07) is 13.4. The topological polar surface area (TPSA) is 55.3 Å². The molecule has 0 unspecified atom stereocenters. The van der Waals surface area contributed by atoms with Crippen LogP contribution in [0.15, 0.2) is 65.8 Å². The zero-order chi connectivity index (χ0) is 23.2. The number of methoxy groups -OCH3 is 1. The number of ether oxygens (including phenoxy) is 1. The van der Waals surface area contributed by atoms with E-state index in [1.54, 1.807) is 31.3 Å². The van der Waals surface area contributed by atoms with Crippen molar-refractivity contribution >= 4 is 44.4 Å². The third-order valence-corrected chi connectivity index (χ3v) is 7.01. The van der Waals surface area contributed by atoms with E-state index in [1.165, 1.54) is 11.0 Å². The van der Waals surface area contributed by atoms with Gasteiger partial charge in [-0.2, -0.15) is 0 Å². The fraction of sp³-hybridized carbons (Fsp3) is 0.208. The predicted molar refractivity (Wildman–Crippen MR) is 128 cm³/mol. The van der Waals surface area contributed by atoms with E-state index in [4.69, 9.17) is 4.74 Å². The Hall–Kier alpha value is -3.04. The fourth-order valence-electron chi connectivity index (χ4n) is 3.21. The summed E-state index contributed by atoms with van der Waals surface area (Å²) in [4.78, 5) is 24.1. The lowest BCUT2D eigenvalue weighted by atomic mass is 10.2. The molecule has 2 aromatic heterocycles. The van der Waals surface area contributed by atoms with Crippen molar-refractivity contribution < 1.29 is 18.3 Å². The average molecular weight is 486 g/mol. The average Bonchev–Trinajstić information content (AvgIpc) is 3.25. The summed E-state index contributed by atoms with van der Waals surface area (Å²) in [5.74, 6) is 0.0360. The number of thioether (sulfide) groups is 1. The van der Waals surface area contributed by atoms with Gasteiger partial charge in [-0.1, -0.05) is 11.3 Å². The second-order valence-electron chi connectivity index (χ2n) is 7.19. The monoisotopic (exact) mass is 485 g/mol. The molecule has 0 saturated heterocycles. The summed E-state index contributed by atoms with van der Waals surface area (Å²) in [5.41, 5.74) is 0.941. The largest absolute Gasteiger partial charge is 0.497 e. The Bertz CT molecular complexity index is 1230. The number of fused-ring (bicyclic) bond motifs is 1. The van der Waals surface area contributed by atoms with Gasteiger partial charge in [-0.3, -0.25) is 14.7 Å². The van der Waals surface area contributed by atoms with E-state index >= 15 is 0 Å². The molecule has 1 amide bonds. The Morgan fingerprint density at radius 2 is 1.88 bits per heavy atom. The van der Waals surface area contributed by atoms with E-state index in [0.717, 1.165) is 39.4 Å². The second-order valence-corrected chi connectivity index (χ2v) is 9.37. The normalized spacial score (nSPS) is 11.0. The number of benzene rings is 2. The number of nitrogens with zero attached hydrogens (tertiary/aromatic N) is 3. The van der Waals surface area contributed by atoms with Gasteiger partial charge in [-0.25, -0.2) is 13.8 Å². The molecule has 0 radical (unpaired) electrons. The summed E-state index contributed by atoms with van der Waals surface area (Å²) in [6.07, 6.45) is 4.27. The van der Waals surface area contributed by atoms with Gasteiger partial charge in [0.25, 0.3) is 0 Å². The Morgan fingerprint density at radius 1 is 1.12 bits per heavy atom. The number of hydrogen-bond acceptors (Lipinski definition) is 6. The van der Waals surface area contributed by atoms with Crippen molar-refractivity contribution in [2.24, 2.45) is 0 Å². The number of aromatic nitrogens is 2. The molecule has 0 bridgehead atoms. The molecule has 2 heterocycles. The van der Waals surface area contributed by atoms with Gasteiger partial charge in [-0.05, 0) is 60.2 Å². The first kappa shape index (κ1) is 23.1. The molecule has 9 heteroatoms. The van der Waals surface area contributed by atoms with Crippen molar-refractivity contribution in [2.45, 2.75) is 24.3 Å². The number of pyridine rings is 1. The number of rotatable bonds is 9. The van der Waals surface area contributed by atoms with Crippen LogP contribution in [-0.2, 0) is 11.3 Å². The molecule has 0 aliphatic heterocycles. The van der Waals surface area contributed by atoms with Crippen LogP contribution in [0.25, 0.3) is 10.2 Å². The lowest BCUT2D eigenvalue weighted by Crippen LogP contribution is -2.30. The minimum absolute atomic E-state index is 0.0685. The van der Waals surface area contributed by atoms with Crippen molar-refractivity contribution in [3.8, 4) is 5.75 Å². The fourth-order valence-corrected chi connectivity index (χ4v) is 5.09. The van der Waals surface area contributed by atoms with E-state index in [-0.39, 0.29) is 18.0 Å². The van der Waals surface area contributed by atoms with Gasteiger partial charge in [0.1, 0.15) is 17.1 Å². The molecule has 4 aromatic rings. The number of carbonyl (C=O) groups is 1. The Balaban J connectivity index is 1.47. The molecule has 0 atom stereocenters. The van der Waals surface area contributed by atoms with Crippen molar-refractivity contribution in [1.82, 2.24) is 9.97 Å². The van der Waals surface area contributed by atoms with Gasteiger partial charge < -0.3 is 4.74 Å². The van der Waals surface area contributed by atoms with Crippen LogP contribution in [0.5, 0.6) is 5.75 Å². The Labute approximate surface area is 198 Å². The minimum Gasteiger partial charge on any atom is -0.497 e. The van der Waals surface area contributed by atoms with Crippen LogP contribution in [0.2, 0.25) is 0 Å². The maximum absolute atomic E-state index is 14.2. The molecule has 0 aliphatic rings. The number of halogens is 2. The van der Waals surface area contributed by atoms with Crippen molar-refractivity contribution in [1.29, 1.82) is 0 Å². The number of anilines is 1. The molecule has 0 N–H and O–H groups in total. The molecule has 4 rings (SSSR count).